The third-order valence-electron chi connectivity index (χ3n) is 6.96. The maximum Gasteiger partial charge on any atom is 0.138 e. The number of Topliss-reactive ketones (excluding diaryl/α,β-unsaturated/α-hetero) is 1. The molecule has 1 fully saturated rings. The quantitative estimate of drug-likeness (QED) is 0.308. The Morgan fingerprint density at radius 2 is 1.57 bits per heavy atom. The summed E-state index contributed by atoms with van der Waals surface area (Å²) in [5.41, 5.74) is 3.65. The average molecular weight is 502 g/mol. The second-order valence-corrected chi connectivity index (χ2v) is 9.72. The lowest BCUT2D eigenvalue weighted by Crippen LogP contribution is -2.37. The zero-order chi connectivity index (χ0) is 26.3. The molecule has 0 aliphatic carbocycles. The molecule has 2 aromatic carbocycles. The zero-order valence-electron chi connectivity index (χ0n) is 23.2. The molecule has 0 saturated carbocycles. The number of carbonyl (C=O) groups is 1. The Labute approximate surface area is 220 Å². The number of hydrogen-bond acceptors (Lipinski definition) is 3. The van der Waals surface area contributed by atoms with Gasteiger partial charge in [-0.2, -0.15) is 0 Å². The first-order chi connectivity index (χ1) is 16.9. The van der Waals surface area contributed by atoms with E-state index in [1.807, 2.05) is 20.8 Å². The van der Waals surface area contributed by atoms with Gasteiger partial charge in [-0.05, 0) is 80.9 Å². The van der Waals surface area contributed by atoms with Crippen LogP contribution in [0.2, 0.25) is 0 Å². The van der Waals surface area contributed by atoms with E-state index in [0.717, 1.165) is 38.2 Å². The Balaban J connectivity index is 0.00000145. The third kappa shape index (κ3) is 10.4. The van der Waals surface area contributed by atoms with Crippen LogP contribution in [-0.4, -0.2) is 36.7 Å². The standard InChI is InChI=1S/C28H39NO2.C2H6.CH3Cl/c1-5-27(30)28(3,4)16-19-29-17-14-23(15-18-29)20-24-11-8-9-13-26(24)31-21-25-12-7-6-10-22(25)2;2*1-2/h6-13,23H,5,14-21H2,1-4H3;1-2H3;1H3. The monoisotopic (exact) mass is 501 g/mol. The van der Waals surface area contributed by atoms with Crippen LogP contribution < -0.4 is 4.74 Å². The molecule has 1 aliphatic heterocycles. The molecule has 3 nitrogen and oxygen atoms in total. The summed E-state index contributed by atoms with van der Waals surface area (Å²) >= 11 is 4.64. The van der Waals surface area contributed by atoms with Crippen LogP contribution in [0, 0.1) is 18.3 Å². The Kier molecular flexibility index (Phi) is 14.9. The molecule has 0 amide bonds. The summed E-state index contributed by atoms with van der Waals surface area (Å²) in [5, 5.41) is 0. The number of halogens is 1. The number of benzene rings is 2. The predicted molar refractivity (Wildman–Crippen MR) is 152 cm³/mol. The molecule has 0 atom stereocenters. The molecule has 1 aliphatic rings. The predicted octanol–water partition coefficient (Wildman–Crippen LogP) is 8.11. The van der Waals surface area contributed by atoms with Crippen molar-refractivity contribution in [3.8, 4) is 5.75 Å². The molecule has 2 aromatic rings. The highest BCUT2D eigenvalue weighted by atomic mass is 35.5. The maximum atomic E-state index is 12.1. The highest BCUT2D eigenvalue weighted by Gasteiger charge is 2.27. The van der Waals surface area contributed by atoms with Gasteiger partial charge in [0.25, 0.3) is 0 Å². The first-order valence-electron chi connectivity index (χ1n) is 13.3. The molecule has 1 saturated heterocycles. The fourth-order valence-electron chi connectivity index (χ4n) is 4.52. The van der Waals surface area contributed by atoms with Crippen LogP contribution >= 0.6 is 11.6 Å². The molecule has 0 bridgehead atoms. The summed E-state index contributed by atoms with van der Waals surface area (Å²) in [5.74, 6) is 2.10. The van der Waals surface area contributed by atoms with Crippen molar-refractivity contribution < 1.29 is 9.53 Å². The Morgan fingerprint density at radius 1 is 1.00 bits per heavy atom. The number of hydrogen-bond donors (Lipinski definition) is 0. The number of rotatable bonds is 10. The number of piperidine rings is 1. The Bertz CT molecular complexity index is 857. The van der Waals surface area contributed by atoms with E-state index in [0.29, 0.717) is 24.7 Å². The number of para-hydroxylation sites is 1. The Hall–Kier alpha value is -1.84. The molecule has 0 N–H and O–H groups in total. The number of carbonyl (C=O) groups excluding carboxylic acids is 1. The van der Waals surface area contributed by atoms with Gasteiger partial charge in [-0.3, -0.25) is 4.79 Å². The lowest BCUT2D eigenvalue weighted by atomic mass is 9.82. The summed E-state index contributed by atoms with van der Waals surface area (Å²) in [6, 6.07) is 16.9. The van der Waals surface area contributed by atoms with Crippen LogP contribution in [0.5, 0.6) is 5.75 Å². The minimum atomic E-state index is -0.195. The van der Waals surface area contributed by atoms with Crippen molar-refractivity contribution >= 4 is 17.4 Å². The zero-order valence-corrected chi connectivity index (χ0v) is 24.0. The van der Waals surface area contributed by atoms with Crippen LogP contribution in [0.4, 0.5) is 0 Å². The van der Waals surface area contributed by atoms with Crippen molar-refractivity contribution in [1.82, 2.24) is 4.90 Å². The van der Waals surface area contributed by atoms with E-state index in [4.69, 9.17) is 4.74 Å². The number of alkyl halides is 1. The van der Waals surface area contributed by atoms with Gasteiger partial charge in [-0.15, -0.1) is 11.6 Å². The maximum absolute atomic E-state index is 12.1. The van der Waals surface area contributed by atoms with E-state index in [2.05, 4.69) is 85.8 Å². The summed E-state index contributed by atoms with van der Waals surface area (Å²) in [7, 11) is 0. The van der Waals surface area contributed by atoms with Gasteiger partial charge < -0.3 is 9.64 Å². The molecule has 3 rings (SSSR count). The largest absolute Gasteiger partial charge is 0.489 e. The third-order valence-corrected chi connectivity index (χ3v) is 6.96. The van der Waals surface area contributed by atoms with Crippen LogP contribution in [0.3, 0.4) is 0 Å². The molecular formula is C31H48ClNO2. The van der Waals surface area contributed by atoms with Gasteiger partial charge in [0, 0.05) is 18.2 Å². The van der Waals surface area contributed by atoms with Crippen molar-refractivity contribution in [2.24, 2.45) is 11.3 Å². The topological polar surface area (TPSA) is 29.5 Å². The van der Waals surface area contributed by atoms with Crippen LogP contribution in [0.25, 0.3) is 0 Å². The molecule has 0 aromatic heterocycles. The van der Waals surface area contributed by atoms with Crippen LogP contribution in [0.1, 0.15) is 77.0 Å². The molecule has 4 heteroatoms. The number of nitrogens with zero attached hydrogens (tertiary/aromatic N) is 1. The fraction of sp³-hybridized carbons (Fsp3) is 0.581. The van der Waals surface area contributed by atoms with Gasteiger partial charge in [-0.25, -0.2) is 0 Å². The number of ether oxygens (including phenoxy) is 1. The minimum Gasteiger partial charge on any atom is -0.489 e. The molecule has 0 unspecified atom stereocenters. The van der Waals surface area contributed by atoms with Gasteiger partial charge in [0.1, 0.15) is 18.1 Å². The van der Waals surface area contributed by atoms with Gasteiger partial charge in [0.15, 0.2) is 0 Å². The summed E-state index contributed by atoms with van der Waals surface area (Å²) in [6.45, 7) is 16.2. The lowest BCUT2D eigenvalue weighted by Gasteiger charge is -2.34. The Morgan fingerprint density at radius 3 is 2.17 bits per heavy atom. The fourth-order valence-corrected chi connectivity index (χ4v) is 4.52. The van der Waals surface area contributed by atoms with Crippen molar-refractivity contribution in [2.75, 3.05) is 26.0 Å². The molecule has 35 heavy (non-hydrogen) atoms. The molecule has 196 valence electrons. The highest BCUT2D eigenvalue weighted by Crippen LogP contribution is 2.29. The number of aryl methyl sites for hydroxylation is 1. The van der Waals surface area contributed by atoms with Gasteiger partial charge in [-0.1, -0.05) is 77.1 Å². The molecule has 1 heterocycles. The van der Waals surface area contributed by atoms with Gasteiger partial charge >= 0.3 is 0 Å². The van der Waals surface area contributed by atoms with E-state index < -0.39 is 0 Å². The van der Waals surface area contributed by atoms with E-state index in [-0.39, 0.29) is 5.41 Å². The van der Waals surface area contributed by atoms with Crippen molar-refractivity contribution in [1.29, 1.82) is 0 Å². The van der Waals surface area contributed by atoms with Gasteiger partial charge in [0.05, 0.1) is 0 Å². The molecule has 0 spiro atoms. The van der Waals surface area contributed by atoms with Crippen LogP contribution in [0.15, 0.2) is 48.5 Å². The van der Waals surface area contributed by atoms with Crippen molar-refractivity contribution in [3.05, 3.63) is 65.2 Å². The summed E-state index contributed by atoms with van der Waals surface area (Å²) in [6.07, 6.45) is 6.58. The lowest BCUT2D eigenvalue weighted by molar-refractivity contribution is -0.127. The van der Waals surface area contributed by atoms with E-state index in [9.17, 15) is 4.79 Å². The first kappa shape index (κ1) is 31.2. The van der Waals surface area contributed by atoms with E-state index in [1.54, 1.807) is 0 Å². The van der Waals surface area contributed by atoms with Crippen LogP contribution in [-0.2, 0) is 17.8 Å². The van der Waals surface area contributed by atoms with E-state index in [1.165, 1.54) is 35.9 Å². The summed E-state index contributed by atoms with van der Waals surface area (Å²) in [4.78, 5) is 14.7. The highest BCUT2D eigenvalue weighted by molar-refractivity contribution is 6.15. The smallest absolute Gasteiger partial charge is 0.138 e. The number of ketones is 1. The second-order valence-electron chi connectivity index (χ2n) is 9.72. The van der Waals surface area contributed by atoms with E-state index >= 15 is 0 Å². The second kappa shape index (κ2) is 16.8. The normalized spacial score (nSPS) is 14.3. The van der Waals surface area contributed by atoms with Crippen molar-refractivity contribution in [2.45, 2.75) is 80.3 Å². The average Bonchev–Trinajstić information content (AvgIpc) is 2.90. The van der Waals surface area contributed by atoms with Gasteiger partial charge in [0.2, 0.25) is 0 Å². The first-order valence-corrected chi connectivity index (χ1v) is 14.0. The summed E-state index contributed by atoms with van der Waals surface area (Å²) < 4.78 is 6.23. The van der Waals surface area contributed by atoms with Crippen molar-refractivity contribution in [3.63, 3.8) is 0 Å². The number of likely N-dealkylation sites (tertiary alicyclic amines) is 1. The molecule has 0 radical (unpaired) electrons. The molecular weight excluding hydrogens is 454 g/mol. The SMILES string of the molecule is CC.CCC(=O)C(C)(C)CCN1CCC(Cc2ccccc2OCc2ccccc2C)CC1.CCl. The minimum absolute atomic E-state index is 0.195.